The molecule has 1 aromatic carbocycles. The summed E-state index contributed by atoms with van der Waals surface area (Å²) in [7, 11) is -1.99. The summed E-state index contributed by atoms with van der Waals surface area (Å²) >= 11 is 6.04. The van der Waals surface area contributed by atoms with E-state index in [-0.39, 0.29) is 16.0 Å². The molecule has 0 amide bonds. The molecule has 0 radical (unpaired) electrons. The number of anilines is 1. The second-order valence-corrected chi connectivity index (χ2v) is 7.75. The quantitative estimate of drug-likeness (QED) is 0.857. The molecule has 118 valence electrons. The maximum absolute atomic E-state index is 12.7. The Morgan fingerprint density at radius 1 is 1.38 bits per heavy atom. The number of nitrogen functional groups attached to an aromatic ring is 1. The molecule has 21 heavy (non-hydrogen) atoms. The van der Waals surface area contributed by atoms with E-state index in [2.05, 4.69) is 11.8 Å². The van der Waals surface area contributed by atoms with Crippen molar-refractivity contribution >= 4 is 27.3 Å². The first-order chi connectivity index (χ1) is 9.86. The highest BCUT2D eigenvalue weighted by molar-refractivity contribution is 7.89. The SMILES string of the molecule is CCN1CCC(N(C)S(=O)(=O)c2cc(N)ccc2Cl)CC1. The number of rotatable bonds is 4. The van der Waals surface area contributed by atoms with Gasteiger partial charge in [0.1, 0.15) is 4.90 Å². The van der Waals surface area contributed by atoms with Crippen molar-refractivity contribution in [3.63, 3.8) is 0 Å². The molecular weight excluding hydrogens is 310 g/mol. The first-order valence-corrected chi connectivity index (χ1v) is 8.93. The number of hydrogen-bond donors (Lipinski definition) is 1. The molecule has 1 saturated heterocycles. The Kier molecular flexibility index (Phi) is 5.14. The fourth-order valence-electron chi connectivity index (χ4n) is 2.67. The number of benzene rings is 1. The van der Waals surface area contributed by atoms with E-state index in [1.165, 1.54) is 16.4 Å². The molecule has 0 aromatic heterocycles. The molecule has 0 bridgehead atoms. The number of piperidine rings is 1. The lowest BCUT2D eigenvalue weighted by atomic mass is 10.1. The second kappa shape index (κ2) is 6.52. The summed E-state index contributed by atoms with van der Waals surface area (Å²) in [4.78, 5) is 2.41. The number of likely N-dealkylation sites (tertiary alicyclic amines) is 1. The van der Waals surface area contributed by atoms with E-state index in [0.29, 0.717) is 5.69 Å². The van der Waals surface area contributed by atoms with Crippen LogP contribution in [0, 0.1) is 0 Å². The highest BCUT2D eigenvalue weighted by Crippen LogP contribution is 2.29. The smallest absolute Gasteiger partial charge is 0.244 e. The average Bonchev–Trinajstić information content (AvgIpc) is 2.49. The van der Waals surface area contributed by atoms with Gasteiger partial charge in [0.15, 0.2) is 0 Å². The predicted octanol–water partition coefficient (Wildman–Crippen LogP) is 2.03. The van der Waals surface area contributed by atoms with Gasteiger partial charge in [0.2, 0.25) is 10.0 Å². The van der Waals surface area contributed by atoms with E-state index in [0.717, 1.165) is 32.5 Å². The Balaban J connectivity index is 2.21. The molecule has 5 nitrogen and oxygen atoms in total. The van der Waals surface area contributed by atoms with Crippen LogP contribution in [0.5, 0.6) is 0 Å². The Bertz CT molecular complexity index is 598. The van der Waals surface area contributed by atoms with Gasteiger partial charge in [-0.25, -0.2) is 8.42 Å². The van der Waals surface area contributed by atoms with Crippen molar-refractivity contribution in [2.75, 3.05) is 32.4 Å². The minimum Gasteiger partial charge on any atom is -0.399 e. The van der Waals surface area contributed by atoms with Gasteiger partial charge in [-0.05, 0) is 50.7 Å². The van der Waals surface area contributed by atoms with Gasteiger partial charge in [-0.1, -0.05) is 18.5 Å². The van der Waals surface area contributed by atoms with Crippen molar-refractivity contribution in [1.29, 1.82) is 0 Å². The summed E-state index contributed by atoms with van der Waals surface area (Å²) in [6, 6.07) is 4.56. The minimum atomic E-state index is -3.61. The molecule has 2 rings (SSSR count). The fraction of sp³-hybridized carbons (Fsp3) is 0.571. The number of sulfonamides is 1. The molecule has 2 N–H and O–H groups in total. The van der Waals surface area contributed by atoms with Crippen molar-refractivity contribution in [3.8, 4) is 0 Å². The summed E-state index contributed by atoms with van der Waals surface area (Å²) in [6.45, 7) is 4.97. The third kappa shape index (κ3) is 3.51. The Labute approximate surface area is 131 Å². The van der Waals surface area contributed by atoms with E-state index >= 15 is 0 Å². The molecule has 0 saturated carbocycles. The third-order valence-corrected chi connectivity index (χ3v) is 6.52. The average molecular weight is 332 g/mol. The van der Waals surface area contributed by atoms with Crippen molar-refractivity contribution in [2.24, 2.45) is 0 Å². The van der Waals surface area contributed by atoms with Crippen molar-refractivity contribution in [1.82, 2.24) is 9.21 Å². The number of nitrogens with zero attached hydrogens (tertiary/aromatic N) is 2. The normalized spacial score (nSPS) is 18.3. The summed E-state index contributed by atoms with van der Waals surface area (Å²) < 4.78 is 26.9. The topological polar surface area (TPSA) is 66.6 Å². The molecular formula is C14H22ClN3O2S. The summed E-state index contributed by atoms with van der Waals surface area (Å²) in [6.07, 6.45) is 1.67. The van der Waals surface area contributed by atoms with Crippen molar-refractivity contribution in [3.05, 3.63) is 23.2 Å². The number of hydrogen-bond acceptors (Lipinski definition) is 4. The van der Waals surface area contributed by atoms with Gasteiger partial charge >= 0.3 is 0 Å². The van der Waals surface area contributed by atoms with Gasteiger partial charge in [-0.2, -0.15) is 4.31 Å². The standard InChI is InChI=1S/C14H22ClN3O2S/c1-3-18-8-6-12(7-9-18)17(2)21(19,20)14-10-11(16)4-5-13(14)15/h4-5,10,12H,3,6-9,16H2,1-2H3. The van der Waals surface area contributed by atoms with E-state index in [9.17, 15) is 8.42 Å². The van der Waals surface area contributed by atoms with Gasteiger partial charge in [0.25, 0.3) is 0 Å². The Morgan fingerprint density at radius 2 is 2.00 bits per heavy atom. The second-order valence-electron chi connectivity index (χ2n) is 5.38. The van der Waals surface area contributed by atoms with E-state index < -0.39 is 10.0 Å². The van der Waals surface area contributed by atoms with Crippen LogP contribution in [-0.2, 0) is 10.0 Å². The maximum atomic E-state index is 12.7. The molecule has 0 spiro atoms. The Hall–Kier alpha value is -0.820. The van der Waals surface area contributed by atoms with Crippen LogP contribution in [0.2, 0.25) is 5.02 Å². The Morgan fingerprint density at radius 3 is 2.57 bits per heavy atom. The molecule has 0 aliphatic carbocycles. The molecule has 1 aliphatic rings. The highest BCUT2D eigenvalue weighted by atomic mass is 35.5. The van der Waals surface area contributed by atoms with Crippen LogP contribution >= 0.6 is 11.6 Å². The molecule has 1 fully saturated rings. The van der Waals surface area contributed by atoms with Crippen molar-refractivity contribution in [2.45, 2.75) is 30.7 Å². The minimum absolute atomic E-state index is 0.00953. The highest BCUT2D eigenvalue weighted by Gasteiger charge is 2.31. The zero-order valence-corrected chi connectivity index (χ0v) is 14.0. The number of nitrogens with two attached hydrogens (primary N) is 1. The molecule has 1 heterocycles. The lowest BCUT2D eigenvalue weighted by Crippen LogP contribution is -2.45. The van der Waals surface area contributed by atoms with E-state index in [4.69, 9.17) is 17.3 Å². The van der Waals surface area contributed by atoms with E-state index in [1.807, 2.05) is 0 Å². The first kappa shape index (κ1) is 16.5. The largest absolute Gasteiger partial charge is 0.399 e. The van der Waals surface area contributed by atoms with Crippen LogP contribution < -0.4 is 5.73 Å². The third-order valence-electron chi connectivity index (χ3n) is 4.13. The number of halogens is 1. The monoisotopic (exact) mass is 331 g/mol. The van der Waals surface area contributed by atoms with E-state index in [1.54, 1.807) is 13.1 Å². The zero-order chi connectivity index (χ0) is 15.6. The molecule has 1 aliphatic heterocycles. The van der Waals surface area contributed by atoms with Crippen molar-refractivity contribution < 1.29 is 8.42 Å². The maximum Gasteiger partial charge on any atom is 0.244 e. The zero-order valence-electron chi connectivity index (χ0n) is 12.4. The van der Waals surface area contributed by atoms with Gasteiger partial charge in [0.05, 0.1) is 5.02 Å². The fourth-order valence-corrected chi connectivity index (χ4v) is 4.59. The molecule has 0 atom stereocenters. The van der Waals surface area contributed by atoms with Gasteiger partial charge < -0.3 is 10.6 Å². The summed E-state index contributed by atoms with van der Waals surface area (Å²) in [5.74, 6) is 0. The van der Waals surface area contributed by atoms with Crippen LogP contribution in [0.1, 0.15) is 19.8 Å². The molecule has 1 aromatic rings. The van der Waals surface area contributed by atoms with Gasteiger partial charge in [-0.3, -0.25) is 0 Å². The van der Waals surface area contributed by atoms with Crippen LogP contribution in [0.4, 0.5) is 5.69 Å². The van der Waals surface area contributed by atoms with Crippen LogP contribution in [0.25, 0.3) is 0 Å². The lowest BCUT2D eigenvalue weighted by molar-refractivity contribution is 0.176. The van der Waals surface area contributed by atoms with Gasteiger partial charge in [0, 0.05) is 18.8 Å². The lowest BCUT2D eigenvalue weighted by Gasteiger charge is -2.35. The van der Waals surface area contributed by atoms with Gasteiger partial charge in [-0.15, -0.1) is 0 Å². The predicted molar refractivity (Wildman–Crippen MR) is 85.9 cm³/mol. The van der Waals surface area contributed by atoms with Crippen LogP contribution in [0.3, 0.4) is 0 Å². The van der Waals surface area contributed by atoms with Crippen LogP contribution in [-0.4, -0.2) is 50.3 Å². The first-order valence-electron chi connectivity index (χ1n) is 7.11. The summed E-state index contributed by atoms with van der Waals surface area (Å²) in [5.41, 5.74) is 6.09. The van der Waals surface area contributed by atoms with Crippen LogP contribution in [0.15, 0.2) is 23.1 Å². The summed E-state index contributed by atoms with van der Waals surface area (Å²) in [5, 5.41) is 0.210. The molecule has 7 heteroatoms. The molecule has 0 unspecified atom stereocenters.